The van der Waals surface area contributed by atoms with Gasteiger partial charge in [-0.05, 0) is 12.1 Å². The molecule has 14 heavy (non-hydrogen) atoms. The topological polar surface area (TPSA) is 98.3 Å². The normalized spacial score (nSPS) is 9.50. The van der Waals surface area contributed by atoms with E-state index < -0.39 is 10.8 Å². The van der Waals surface area contributed by atoms with Crippen molar-refractivity contribution < 1.29 is 9.72 Å². The molecule has 1 amide bonds. The van der Waals surface area contributed by atoms with Gasteiger partial charge in [-0.1, -0.05) is 0 Å². The van der Waals surface area contributed by atoms with E-state index in [-0.39, 0.29) is 11.3 Å². The lowest BCUT2D eigenvalue weighted by Crippen LogP contribution is -2.13. The van der Waals surface area contributed by atoms with Crippen LogP contribution in [0.4, 0.5) is 11.4 Å². The molecule has 0 saturated carbocycles. The first-order valence-corrected chi connectivity index (χ1v) is 3.82. The van der Waals surface area contributed by atoms with Crippen LogP contribution in [0.1, 0.15) is 10.4 Å². The second-order valence-electron chi connectivity index (χ2n) is 2.60. The SMILES string of the molecule is CNc1ccc([N+](=O)[O-])c(C(N)=O)c1. The predicted octanol–water partition coefficient (Wildman–Crippen LogP) is 0.735. The summed E-state index contributed by atoms with van der Waals surface area (Å²) in [6.07, 6.45) is 0. The number of nitrogens with one attached hydrogen (secondary N) is 1. The molecule has 0 aliphatic carbocycles. The molecule has 0 unspecified atom stereocenters. The van der Waals surface area contributed by atoms with Crippen molar-refractivity contribution in [3.05, 3.63) is 33.9 Å². The van der Waals surface area contributed by atoms with Gasteiger partial charge in [0.15, 0.2) is 0 Å². The number of primary amides is 1. The van der Waals surface area contributed by atoms with Gasteiger partial charge in [0, 0.05) is 18.8 Å². The van der Waals surface area contributed by atoms with Crippen molar-refractivity contribution in [3.63, 3.8) is 0 Å². The third-order valence-corrected chi connectivity index (χ3v) is 1.75. The molecule has 0 aliphatic heterocycles. The first kappa shape index (κ1) is 9.97. The Hall–Kier alpha value is -2.11. The first-order chi connectivity index (χ1) is 6.56. The third kappa shape index (κ3) is 1.79. The lowest BCUT2D eigenvalue weighted by atomic mass is 10.1. The number of hydrogen-bond donors (Lipinski definition) is 2. The maximum absolute atomic E-state index is 10.9. The van der Waals surface area contributed by atoms with Gasteiger partial charge in [-0.15, -0.1) is 0 Å². The minimum atomic E-state index is -0.811. The summed E-state index contributed by atoms with van der Waals surface area (Å²) in [4.78, 5) is 20.7. The lowest BCUT2D eigenvalue weighted by molar-refractivity contribution is -0.385. The standard InChI is InChI=1S/C8H9N3O3/c1-10-5-2-3-7(11(13)14)6(4-5)8(9)12/h2-4,10H,1H3,(H2,9,12). The Morgan fingerprint density at radius 3 is 2.64 bits per heavy atom. The van der Waals surface area contributed by atoms with E-state index in [0.29, 0.717) is 5.69 Å². The van der Waals surface area contributed by atoms with E-state index in [1.165, 1.54) is 18.2 Å². The van der Waals surface area contributed by atoms with Gasteiger partial charge in [-0.25, -0.2) is 0 Å². The molecule has 74 valence electrons. The largest absolute Gasteiger partial charge is 0.388 e. The van der Waals surface area contributed by atoms with Gasteiger partial charge in [-0.2, -0.15) is 0 Å². The summed E-state index contributed by atoms with van der Waals surface area (Å²) < 4.78 is 0. The highest BCUT2D eigenvalue weighted by Gasteiger charge is 2.17. The summed E-state index contributed by atoms with van der Waals surface area (Å²) in [6, 6.07) is 4.09. The Kier molecular flexibility index (Phi) is 2.66. The molecule has 0 aliphatic rings. The number of rotatable bonds is 3. The van der Waals surface area contributed by atoms with Crippen LogP contribution in [0.5, 0.6) is 0 Å². The molecule has 0 atom stereocenters. The molecule has 6 heteroatoms. The van der Waals surface area contributed by atoms with Crippen LogP contribution in [0, 0.1) is 10.1 Å². The highest BCUT2D eigenvalue weighted by molar-refractivity contribution is 5.97. The molecule has 0 bridgehead atoms. The zero-order chi connectivity index (χ0) is 10.7. The number of amides is 1. The number of carbonyl (C=O) groups is 1. The van der Waals surface area contributed by atoms with E-state index >= 15 is 0 Å². The van der Waals surface area contributed by atoms with Crippen molar-refractivity contribution >= 4 is 17.3 Å². The summed E-state index contributed by atoms with van der Waals surface area (Å²) in [5.74, 6) is -0.811. The molecule has 1 aromatic rings. The van der Waals surface area contributed by atoms with E-state index in [2.05, 4.69) is 5.32 Å². The fourth-order valence-electron chi connectivity index (χ4n) is 1.05. The van der Waals surface area contributed by atoms with Gasteiger partial charge in [0.1, 0.15) is 5.56 Å². The molecule has 3 N–H and O–H groups in total. The van der Waals surface area contributed by atoms with Gasteiger partial charge < -0.3 is 11.1 Å². The number of nitro groups is 1. The van der Waals surface area contributed by atoms with Crippen LogP contribution in [0.25, 0.3) is 0 Å². The number of anilines is 1. The number of nitrogens with zero attached hydrogens (tertiary/aromatic N) is 1. The van der Waals surface area contributed by atoms with Gasteiger partial charge in [0.2, 0.25) is 0 Å². The van der Waals surface area contributed by atoms with Gasteiger partial charge in [0.05, 0.1) is 4.92 Å². The molecular weight excluding hydrogens is 186 g/mol. The van der Waals surface area contributed by atoms with Gasteiger partial charge in [-0.3, -0.25) is 14.9 Å². The molecule has 1 aromatic carbocycles. The van der Waals surface area contributed by atoms with Crippen LogP contribution in [0.2, 0.25) is 0 Å². The van der Waals surface area contributed by atoms with Crippen LogP contribution in [0.3, 0.4) is 0 Å². The van der Waals surface area contributed by atoms with Crippen LogP contribution in [-0.4, -0.2) is 17.9 Å². The number of benzene rings is 1. The second kappa shape index (κ2) is 3.73. The van der Waals surface area contributed by atoms with Crippen molar-refractivity contribution in [3.8, 4) is 0 Å². The molecule has 0 radical (unpaired) electrons. The fourth-order valence-corrected chi connectivity index (χ4v) is 1.05. The van der Waals surface area contributed by atoms with Crippen molar-refractivity contribution in [2.45, 2.75) is 0 Å². The van der Waals surface area contributed by atoms with E-state index in [4.69, 9.17) is 5.73 Å². The van der Waals surface area contributed by atoms with Crippen molar-refractivity contribution in [1.82, 2.24) is 0 Å². The van der Waals surface area contributed by atoms with Crippen LogP contribution >= 0.6 is 0 Å². The van der Waals surface area contributed by atoms with Crippen LogP contribution in [0.15, 0.2) is 18.2 Å². The van der Waals surface area contributed by atoms with Crippen molar-refractivity contribution in [1.29, 1.82) is 0 Å². The molecule has 0 aromatic heterocycles. The van der Waals surface area contributed by atoms with Crippen LogP contribution in [-0.2, 0) is 0 Å². The molecule has 0 saturated heterocycles. The zero-order valence-corrected chi connectivity index (χ0v) is 7.48. The first-order valence-electron chi connectivity index (χ1n) is 3.82. The maximum Gasteiger partial charge on any atom is 0.282 e. The monoisotopic (exact) mass is 195 g/mol. The maximum atomic E-state index is 10.9. The van der Waals surface area contributed by atoms with E-state index in [1.807, 2.05) is 0 Å². The predicted molar refractivity (Wildman–Crippen MR) is 51.2 cm³/mol. The molecule has 0 spiro atoms. The average Bonchev–Trinajstić information content (AvgIpc) is 2.16. The van der Waals surface area contributed by atoms with Crippen LogP contribution < -0.4 is 11.1 Å². The third-order valence-electron chi connectivity index (χ3n) is 1.75. The minimum absolute atomic E-state index is 0.0955. The summed E-state index contributed by atoms with van der Waals surface area (Å²) in [5, 5.41) is 13.3. The van der Waals surface area contributed by atoms with Crippen molar-refractivity contribution in [2.24, 2.45) is 5.73 Å². The Labute approximate surface area is 79.9 Å². The minimum Gasteiger partial charge on any atom is -0.388 e. The Morgan fingerprint density at radius 1 is 1.57 bits per heavy atom. The molecule has 6 nitrogen and oxygen atoms in total. The molecule has 0 fully saturated rings. The summed E-state index contributed by atoms with van der Waals surface area (Å²) in [7, 11) is 1.64. The Morgan fingerprint density at radius 2 is 2.21 bits per heavy atom. The highest BCUT2D eigenvalue weighted by atomic mass is 16.6. The zero-order valence-electron chi connectivity index (χ0n) is 7.48. The van der Waals surface area contributed by atoms with E-state index in [0.717, 1.165) is 0 Å². The Balaban J connectivity index is 3.31. The van der Waals surface area contributed by atoms with E-state index in [9.17, 15) is 14.9 Å². The number of nitrogens with two attached hydrogens (primary N) is 1. The average molecular weight is 195 g/mol. The van der Waals surface area contributed by atoms with Gasteiger partial charge >= 0.3 is 0 Å². The van der Waals surface area contributed by atoms with Crippen molar-refractivity contribution in [2.75, 3.05) is 12.4 Å². The number of nitro benzene ring substituents is 1. The summed E-state index contributed by atoms with van der Waals surface area (Å²) >= 11 is 0. The highest BCUT2D eigenvalue weighted by Crippen LogP contribution is 2.21. The molecular formula is C8H9N3O3. The Bertz CT molecular complexity index is 389. The quantitative estimate of drug-likeness (QED) is 0.548. The number of hydrogen-bond acceptors (Lipinski definition) is 4. The lowest BCUT2D eigenvalue weighted by Gasteiger charge is -2.02. The summed E-state index contributed by atoms with van der Waals surface area (Å²) in [6.45, 7) is 0. The molecule has 0 heterocycles. The fraction of sp³-hybridized carbons (Fsp3) is 0.125. The smallest absolute Gasteiger partial charge is 0.282 e. The van der Waals surface area contributed by atoms with Gasteiger partial charge in [0.25, 0.3) is 11.6 Å². The summed E-state index contributed by atoms with van der Waals surface area (Å²) in [5.41, 5.74) is 5.23. The second-order valence-corrected chi connectivity index (χ2v) is 2.60. The van der Waals surface area contributed by atoms with E-state index in [1.54, 1.807) is 7.05 Å². The number of carbonyl (C=O) groups excluding carboxylic acids is 1. The molecule has 1 rings (SSSR count).